The van der Waals surface area contributed by atoms with Crippen LogP contribution in [-0.4, -0.2) is 46.1 Å². The van der Waals surface area contributed by atoms with Gasteiger partial charge >= 0.3 is 5.97 Å². The predicted molar refractivity (Wildman–Crippen MR) is 55.2 cm³/mol. The molecule has 1 fully saturated rings. The molecule has 76 valence electrons. The third kappa shape index (κ3) is 2.88. The number of rotatable bonds is 5. The molecule has 0 aliphatic carbocycles. The van der Waals surface area contributed by atoms with Gasteiger partial charge in [-0.1, -0.05) is 6.92 Å². The molecule has 1 N–H and O–H groups in total. The van der Waals surface area contributed by atoms with E-state index in [4.69, 9.17) is 5.11 Å². The minimum Gasteiger partial charge on any atom is -0.481 e. The van der Waals surface area contributed by atoms with Crippen LogP contribution in [0.25, 0.3) is 0 Å². The van der Waals surface area contributed by atoms with Crippen LogP contribution in [0, 0.1) is 0 Å². The van der Waals surface area contributed by atoms with Gasteiger partial charge in [0.15, 0.2) is 0 Å². The fourth-order valence-electron chi connectivity index (χ4n) is 1.71. The summed E-state index contributed by atoms with van der Waals surface area (Å²) in [6.45, 7) is 5.06. The van der Waals surface area contributed by atoms with Gasteiger partial charge < -0.3 is 5.11 Å². The van der Waals surface area contributed by atoms with E-state index < -0.39 is 5.97 Å². The summed E-state index contributed by atoms with van der Waals surface area (Å²) in [5, 5.41) is 8.67. The van der Waals surface area contributed by atoms with Gasteiger partial charge in [-0.2, -0.15) is 11.8 Å². The van der Waals surface area contributed by atoms with Gasteiger partial charge in [-0.3, -0.25) is 9.69 Å². The van der Waals surface area contributed by atoms with Crippen molar-refractivity contribution in [2.75, 3.05) is 18.1 Å². The van der Waals surface area contributed by atoms with Gasteiger partial charge in [0, 0.05) is 23.6 Å². The number of thioether (sulfide) groups is 1. The maximum Gasteiger partial charge on any atom is 0.304 e. The smallest absolute Gasteiger partial charge is 0.304 e. The van der Waals surface area contributed by atoms with Crippen LogP contribution >= 0.6 is 11.8 Å². The average molecular weight is 203 g/mol. The molecule has 0 radical (unpaired) electrons. The molecule has 0 aromatic carbocycles. The Morgan fingerprint density at radius 1 is 1.69 bits per heavy atom. The Bertz CT molecular complexity index is 182. The number of carboxylic acids is 1. The normalized spacial score (nSPS) is 19.9. The van der Waals surface area contributed by atoms with Crippen LogP contribution < -0.4 is 0 Å². The van der Waals surface area contributed by atoms with Gasteiger partial charge in [-0.05, 0) is 13.5 Å². The molecule has 1 aliphatic heterocycles. The second kappa shape index (κ2) is 4.86. The van der Waals surface area contributed by atoms with E-state index in [0.717, 1.165) is 18.1 Å². The van der Waals surface area contributed by atoms with Crippen molar-refractivity contribution in [3.63, 3.8) is 0 Å². The van der Waals surface area contributed by atoms with E-state index in [9.17, 15) is 4.79 Å². The lowest BCUT2D eigenvalue weighted by molar-refractivity contribution is -0.138. The summed E-state index contributed by atoms with van der Waals surface area (Å²) in [5.41, 5.74) is 0. The Balaban J connectivity index is 2.39. The Kier molecular flexibility index (Phi) is 4.06. The molecular weight excluding hydrogens is 186 g/mol. The predicted octanol–water partition coefficient (Wildman–Crippen LogP) is 1.29. The van der Waals surface area contributed by atoms with E-state index in [0.29, 0.717) is 6.04 Å². The van der Waals surface area contributed by atoms with E-state index in [1.165, 1.54) is 0 Å². The zero-order valence-corrected chi connectivity index (χ0v) is 9.01. The summed E-state index contributed by atoms with van der Waals surface area (Å²) in [6.07, 6.45) is 0.259. The number of carbonyl (C=O) groups is 1. The fraction of sp³-hybridized carbons (Fsp3) is 0.889. The summed E-state index contributed by atoms with van der Waals surface area (Å²) in [5.74, 6) is 1.63. The Morgan fingerprint density at radius 3 is 2.62 bits per heavy atom. The Hall–Kier alpha value is -0.220. The lowest BCUT2D eigenvalue weighted by atomic mass is 10.1. The van der Waals surface area contributed by atoms with E-state index in [2.05, 4.69) is 11.8 Å². The van der Waals surface area contributed by atoms with Crippen LogP contribution in [0.2, 0.25) is 0 Å². The summed E-state index contributed by atoms with van der Waals surface area (Å²) in [6, 6.07) is 0.790. The molecule has 1 saturated heterocycles. The van der Waals surface area contributed by atoms with Crippen molar-refractivity contribution in [3.8, 4) is 0 Å². The summed E-state index contributed by atoms with van der Waals surface area (Å²) < 4.78 is 0. The van der Waals surface area contributed by atoms with Crippen molar-refractivity contribution < 1.29 is 9.90 Å². The third-order valence-electron chi connectivity index (χ3n) is 2.49. The molecule has 0 aromatic rings. The van der Waals surface area contributed by atoms with E-state index in [1.807, 2.05) is 18.7 Å². The highest BCUT2D eigenvalue weighted by atomic mass is 32.2. The van der Waals surface area contributed by atoms with Gasteiger partial charge in [0.2, 0.25) is 0 Å². The molecule has 0 aromatic heterocycles. The first-order chi connectivity index (χ1) is 6.15. The molecular formula is C9H17NO2S. The quantitative estimate of drug-likeness (QED) is 0.731. The number of nitrogens with zero attached hydrogens (tertiary/aromatic N) is 1. The molecule has 1 aliphatic rings. The van der Waals surface area contributed by atoms with Crippen molar-refractivity contribution in [1.82, 2.24) is 4.90 Å². The van der Waals surface area contributed by atoms with Crippen LogP contribution in [0.15, 0.2) is 0 Å². The molecule has 13 heavy (non-hydrogen) atoms. The minimum atomic E-state index is -0.696. The first-order valence-electron chi connectivity index (χ1n) is 4.70. The van der Waals surface area contributed by atoms with Crippen LogP contribution in [-0.2, 0) is 4.79 Å². The van der Waals surface area contributed by atoms with Crippen molar-refractivity contribution in [1.29, 1.82) is 0 Å². The third-order valence-corrected chi connectivity index (χ3v) is 3.73. The molecule has 1 rings (SSSR count). The van der Waals surface area contributed by atoms with Crippen LogP contribution in [0.1, 0.15) is 20.3 Å². The number of aliphatic carboxylic acids is 1. The highest BCUT2D eigenvalue weighted by Gasteiger charge is 2.28. The standard InChI is InChI=1S/C9H17NO2S/c1-3-10(8-5-13-6-8)7(2)4-9(11)12/h7-8H,3-6H2,1-2H3,(H,11,12). The van der Waals surface area contributed by atoms with E-state index >= 15 is 0 Å². The van der Waals surface area contributed by atoms with Gasteiger partial charge in [-0.25, -0.2) is 0 Å². The molecule has 0 bridgehead atoms. The van der Waals surface area contributed by atoms with Gasteiger partial charge in [0.25, 0.3) is 0 Å². The second-order valence-corrected chi connectivity index (χ2v) is 4.54. The van der Waals surface area contributed by atoms with Crippen LogP contribution in [0.5, 0.6) is 0 Å². The molecule has 1 heterocycles. The van der Waals surface area contributed by atoms with Crippen molar-refractivity contribution >= 4 is 17.7 Å². The molecule has 0 spiro atoms. The topological polar surface area (TPSA) is 40.5 Å². The summed E-state index contributed by atoms with van der Waals surface area (Å²) >= 11 is 1.94. The molecule has 3 nitrogen and oxygen atoms in total. The highest BCUT2D eigenvalue weighted by Crippen LogP contribution is 2.25. The van der Waals surface area contributed by atoms with Gasteiger partial charge in [-0.15, -0.1) is 0 Å². The van der Waals surface area contributed by atoms with Crippen molar-refractivity contribution in [2.45, 2.75) is 32.4 Å². The van der Waals surface area contributed by atoms with Crippen LogP contribution in [0.4, 0.5) is 0 Å². The number of carboxylic acid groups (broad SMARTS) is 1. The SMILES string of the molecule is CCN(C(C)CC(=O)O)C1CSC1. The monoisotopic (exact) mass is 203 g/mol. The van der Waals surface area contributed by atoms with Crippen LogP contribution in [0.3, 0.4) is 0 Å². The zero-order chi connectivity index (χ0) is 9.84. The first-order valence-corrected chi connectivity index (χ1v) is 5.86. The van der Waals surface area contributed by atoms with Crippen molar-refractivity contribution in [3.05, 3.63) is 0 Å². The van der Waals surface area contributed by atoms with E-state index in [-0.39, 0.29) is 12.5 Å². The maximum absolute atomic E-state index is 10.5. The lowest BCUT2D eigenvalue weighted by Gasteiger charge is -2.39. The Morgan fingerprint density at radius 2 is 2.31 bits per heavy atom. The summed E-state index contributed by atoms with van der Waals surface area (Å²) in [7, 11) is 0. The molecule has 0 saturated carbocycles. The van der Waals surface area contributed by atoms with Gasteiger partial charge in [0.05, 0.1) is 6.42 Å². The van der Waals surface area contributed by atoms with Gasteiger partial charge in [0.1, 0.15) is 0 Å². The number of hydrogen-bond acceptors (Lipinski definition) is 3. The highest BCUT2D eigenvalue weighted by molar-refractivity contribution is 8.00. The first kappa shape index (κ1) is 10.9. The summed E-state index contributed by atoms with van der Waals surface area (Å²) in [4.78, 5) is 12.8. The zero-order valence-electron chi connectivity index (χ0n) is 8.19. The maximum atomic E-state index is 10.5. The second-order valence-electron chi connectivity index (χ2n) is 3.47. The van der Waals surface area contributed by atoms with Crippen molar-refractivity contribution in [2.24, 2.45) is 0 Å². The van der Waals surface area contributed by atoms with E-state index in [1.54, 1.807) is 0 Å². The molecule has 1 atom stereocenters. The molecule has 1 unspecified atom stereocenters. The fourth-order valence-corrected chi connectivity index (χ4v) is 2.54. The Labute approximate surface area is 83.5 Å². The largest absolute Gasteiger partial charge is 0.481 e. The molecule has 0 amide bonds. The molecule has 4 heteroatoms. The number of hydrogen-bond donors (Lipinski definition) is 1. The lowest BCUT2D eigenvalue weighted by Crippen LogP contribution is -2.49. The minimum absolute atomic E-state index is 0.174. The average Bonchev–Trinajstić information content (AvgIpc) is 1.94.